The zero-order chi connectivity index (χ0) is 11.8. The summed E-state index contributed by atoms with van der Waals surface area (Å²) >= 11 is 0. The first-order chi connectivity index (χ1) is 8.22. The van der Waals surface area contributed by atoms with Crippen molar-refractivity contribution in [3.05, 3.63) is 48.3 Å². The molecule has 3 rings (SSSR count). The Balaban J connectivity index is 2.18. The van der Waals surface area contributed by atoms with E-state index in [2.05, 4.69) is 41.3 Å². The molecule has 0 unspecified atom stereocenters. The number of pyridine rings is 1. The van der Waals surface area contributed by atoms with Crippen molar-refractivity contribution in [3.8, 4) is 11.4 Å². The normalized spacial score (nSPS) is 10.9. The Morgan fingerprint density at radius 1 is 1.24 bits per heavy atom. The molecular weight excluding hydrogens is 210 g/mol. The molecule has 0 bridgehead atoms. The molecule has 0 fully saturated rings. The summed E-state index contributed by atoms with van der Waals surface area (Å²) in [6.45, 7) is 2.09. The third-order valence-electron chi connectivity index (χ3n) is 2.85. The Morgan fingerprint density at radius 3 is 2.94 bits per heavy atom. The molecule has 84 valence electrons. The largest absolute Gasteiger partial charge is 0.338 e. The van der Waals surface area contributed by atoms with Crippen LogP contribution in [-0.2, 0) is 7.05 Å². The van der Waals surface area contributed by atoms with Gasteiger partial charge in [-0.1, -0.05) is 6.07 Å². The minimum absolute atomic E-state index is 0.918. The van der Waals surface area contributed by atoms with Gasteiger partial charge in [0.25, 0.3) is 0 Å². The molecule has 0 atom stereocenters. The molecule has 0 saturated carbocycles. The fraction of sp³-hybridized carbons (Fsp3) is 0.143. The summed E-state index contributed by atoms with van der Waals surface area (Å²) in [5.41, 5.74) is 4.44. The van der Waals surface area contributed by atoms with Crippen molar-refractivity contribution >= 4 is 11.0 Å². The van der Waals surface area contributed by atoms with Gasteiger partial charge in [-0.25, -0.2) is 9.55 Å². The van der Waals surface area contributed by atoms with Crippen LogP contribution < -0.4 is 4.57 Å². The molecule has 0 radical (unpaired) electrons. The van der Waals surface area contributed by atoms with Crippen molar-refractivity contribution in [1.29, 1.82) is 0 Å². The molecule has 0 aliphatic rings. The van der Waals surface area contributed by atoms with Crippen molar-refractivity contribution < 1.29 is 4.57 Å². The van der Waals surface area contributed by atoms with E-state index in [1.54, 1.807) is 0 Å². The molecule has 2 heterocycles. The van der Waals surface area contributed by atoms with Crippen molar-refractivity contribution in [2.75, 3.05) is 0 Å². The predicted octanol–water partition coefficient (Wildman–Crippen LogP) is 2.36. The summed E-state index contributed by atoms with van der Waals surface area (Å²) in [5.74, 6) is 0.918. The van der Waals surface area contributed by atoms with Crippen LogP contribution in [0.15, 0.2) is 42.7 Å². The highest BCUT2D eigenvalue weighted by Crippen LogP contribution is 2.19. The Morgan fingerprint density at radius 2 is 2.12 bits per heavy atom. The molecule has 17 heavy (non-hydrogen) atoms. The molecule has 0 aliphatic carbocycles. The third kappa shape index (κ3) is 1.80. The van der Waals surface area contributed by atoms with Gasteiger partial charge >= 0.3 is 0 Å². The van der Waals surface area contributed by atoms with Gasteiger partial charge in [0.05, 0.1) is 16.6 Å². The maximum atomic E-state index is 4.60. The second kappa shape index (κ2) is 3.70. The molecule has 2 aromatic heterocycles. The first-order valence-electron chi connectivity index (χ1n) is 5.64. The standard InChI is InChI=1S/C14H14N3/c1-10-5-6-12-13(8-10)16-14(15-12)11-4-3-7-17(2)9-11/h3-9H,1-2H3,(H,15,16)/q+1. The van der Waals surface area contributed by atoms with Crippen molar-refractivity contribution in [1.82, 2.24) is 9.97 Å². The monoisotopic (exact) mass is 224 g/mol. The van der Waals surface area contributed by atoms with E-state index in [0.29, 0.717) is 0 Å². The van der Waals surface area contributed by atoms with Gasteiger partial charge in [0.1, 0.15) is 12.9 Å². The van der Waals surface area contributed by atoms with E-state index < -0.39 is 0 Å². The zero-order valence-electron chi connectivity index (χ0n) is 9.94. The lowest BCUT2D eigenvalue weighted by Gasteiger charge is -1.93. The summed E-state index contributed by atoms with van der Waals surface area (Å²) in [5, 5.41) is 0. The quantitative estimate of drug-likeness (QED) is 0.632. The van der Waals surface area contributed by atoms with Gasteiger partial charge in [0, 0.05) is 6.07 Å². The van der Waals surface area contributed by atoms with Gasteiger partial charge in [-0.05, 0) is 30.7 Å². The molecular formula is C14H14N3+. The number of hydrogen-bond donors (Lipinski definition) is 1. The highest BCUT2D eigenvalue weighted by Gasteiger charge is 2.07. The summed E-state index contributed by atoms with van der Waals surface area (Å²) < 4.78 is 2.02. The minimum atomic E-state index is 0.918. The highest BCUT2D eigenvalue weighted by molar-refractivity contribution is 5.79. The number of imidazole rings is 1. The van der Waals surface area contributed by atoms with E-state index in [-0.39, 0.29) is 0 Å². The number of aromatic nitrogens is 3. The number of nitrogens with one attached hydrogen (secondary N) is 1. The number of rotatable bonds is 1. The molecule has 0 amide bonds. The number of nitrogens with zero attached hydrogens (tertiary/aromatic N) is 2. The number of aryl methyl sites for hydroxylation is 2. The van der Waals surface area contributed by atoms with Gasteiger partial charge in [0.15, 0.2) is 12.4 Å². The number of aromatic amines is 1. The fourth-order valence-electron chi connectivity index (χ4n) is 1.99. The first kappa shape index (κ1) is 10.0. The molecule has 0 aliphatic heterocycles. The van der Waals surface area contributed by atoms with Gasteiger partial charge in [-0.2, -0.15) is 0 Å². The van der Waals surface area contributed by atoms with Crippen molar-refractivity contribution in [2.45, 2.75) is 6.92 Å². The lowest BCUT2D eigenvalue weighted by atomic mass is 10.2. The SMILES string of the molecule is Cc1ccc2nc(-c3ccc[n+](C)c3)[nH]c2c1. The first-order valence-corrected chi connectivity index (χ1v) is 5.64. The van der Waals surface area contributed by atoms with E-state index >= 15 is 0 Å². The van der Waals surface area contributed by atoms with Crippen LogP contribution in [0.5, 0.6) is 0 Å². The van der Waals surface area contributed by atoms with Crippen LogP contribution in [0.4, 0.5) is 0 Å². The van der Waals surface area contributed by atoms with Crippen molar-refractivity contribution in [2.24, 2.45) is 7.05 Å². The molecule has 1 N–H and O–H groups in total. The summed E-state index contributed by atoms with van der Waals surface area (Å²) in [7, 11) is 2.01. The van der Waals surface area contributed by atoms with Crippen LogP contribution in [0.1, 0.15) is 5.56 Å². The number of H-pyrrole nitrogens is 1. The van der Waals surface area contributed by atoms with Gasteiger partial charge in [-0.3, -0.25) is 0 Å². The molecule has 0 spiro atoms. The van der Waals surface area contributed by atoms with Crippen LogP contribution in [-0.4, -0.2) is 9.97 Å². The van der Waals surface area contributed by atoms with Crippen molar-refractivity contribution in [3.63, 3.8) is 0 Å². The lowest BCUT2D eigenvalue weighted by molar-refractivity contribution is -0.671. The molecule has 3 aromatic rings. The molecule has 3 nitrogen and oxygen atoms in total. The zero-order valence-corrected chi connectivity index (χ0v) is 9.94. The van der Waals surface area contributed by atoms with E-state index in [1.807, 2.05) is 29.9 Å². The van der Waals surface area contributed by atoms with Crippen LogP contribution in [0.3, 0.4) is 0 Å². The molecule has 1 aromatic carbocycles. The van der Waals surface area contributed by atoms with Crippen LogP contribution in [0, 0.1) is 6.92 Å². The van der Waals surface area contributed by atoms with E-state index in [4.69, 9.17) is 0 Å². The number of benzene rings is 1. The van der Waals surface area contributed by atoms with Crippen LogP contribution in [0.2, 0.25) is 0 Å². The van der Waals surface area contributed by atoms with E-state index in [0.717, 1.165) is 22.4 Å². The average molecular weight is 224 g/mol. The fourth-order valence-corrected chi connectivity index (χ4v) is 1.99. The minimum Gasteiger partial charge on any atom is -0.338 e. The maximum absolute atomic E-state index is 4.60. The second-order valence-electron chi connectivity index (χ2n) is 4.36. The summed E-state index contributed by atoms with van der Waals surface area (Å²) in [6, 6.07) is 10.3. The van der Waals surface area contributed by atoms with Gasteiger partial charge in [-0.15, -0.1) is 0 Å². The van der Waals surface area contributed by atoms with E-state index in [1.165, 1.54) is 5.56 Å². The Labute approximate surface area is 99.8 Å². The maximum Gasteiger partial charge on any atom is 0.179 e. The average Bonchev–Trinajstić information content (AvgIpc) is 2.72. The smallest absolute Gasteiger partial charge is 0.179 e. The molecule has 0 saturated heterocycles. The Bertz CT molecular complexity index is 683. The van der Waals surface area contributed by atoms with Gasteiger partial charge < -0.3 is 4.98 Å². The molecule has 3 heteroatoms. The number of fused-ring (bicyclic) bond motifs is 1. The number of hydrogen-bond acceptors (Lipinski definition) is 1. The Hall–Kier alpha value is -2.16. The second-order valence-corrected chi connectivity index (χ2v) is 4.36. The lowest BCUT2D eigenvalue weighted by Crippen LogP contribution is -2.26. The Kier molecular flexibility index (Phi) is 2.18. The highest BCUT2D eigenvalue weighted by atomic mass is 14.9. The third-order valence-corrected chi connectivity index (χ3v) is 2.85. The predicted molar refractivity (Wildman–Crippen MR) is 67.4 cm³/mol. The summed E-state index contributed by atoms with van der Waals surface area (Å²) in [6.07, 6.45) is 4.07. The van der Waals surface area contributed by atoms with Crippen LogP contribution >= 0.6 is 0 Å². The van der Waals surface area contributed by atoms with Crippen LogP contribution in [0.25, 0.3) is 22.4 Å². The topological polar surface area (TPSA) is 32.6 Å². The summed E-state index contributed by atoms with van der Waals surface area (Å²) in [4.78, 5) is 7.95. The van der Waals surface area contributed by atoms with Gasteiger partial charge in [0.2, 0.25) is 0 Å². The van der Waals surface area contributed by atoms with E-state index in [9.17, 15) is 0 Å².